The molecule has 0 spiro atoms. The van der Waals surface area contributed by atoms with Crippen LogP contribution in [0.3, 0.4) is 0 Å². The van der Waals surface area contributed by atoms with E-state index >= 15 is 0 Å². The second-order valence-corrected chi connectivity index (χ2v) is 14.7. The first-order valence-electron chi connectivity index (χ1n) is 20.2. The van der Waals surface area contributed by atoms with Gasteiger partial charge in [-0.15, -0.1) is 0 Å². The van der Waals surface area contributed by atoms with Crippen LogP contribution in [0.15, 0.2) is 12.3 Å². The van der Waals surface area contributed by atoms with E-state index in [0.29, 0.717) is 24.9 Å². The van der Waals surface area contributed by atoms with Crippen LogP contribution in [0.25, 0.3) is 0 Å². The molecule has 0 aromatic heterocycles. The minimum atomic E-state index is 0.0190. The second-order valence-electron chi connectivity index (χ2n) is 14.7. The van der Waals surface area contributed by atoms with Gasteiger partial charge in [0.25, 0.3) is 0 Å². The summed E-state index contributed by atoms with van der Waals surface area (Å²) in [5.74, 6) is 2.95. The molecule has 0 aromatic rings. The standard InChI is InChI=1S/C41H79NO3/c1-6-9-12-13-14-15-18-23-28-39(36-45-37(4)40-31-33-42(5)35-40)29-24-19-16-17-20-25-30-41(43)44-34-32-38(26-21-10-7-2)27-22-11-8-3/h38-40H,4,6-36H2,1-3,5H3. The van der Waals surface area contributed by atoms with Crippen molar-refractivity contribution in [3.63, 3.8) is 0 Å². The highest BCUT2D eigenvalue weighted by Gasteiger charge is 2.23. The lowest BCUT2D eigenvalue weighted by molar-refractivity contribution is -0.144. The van der Waals surface area contributed by atoms with Crippen LogP contribution in [-0.4, -0.2) is 44.2 Å². The third-order valence-corrected chi connectivity index (χ3v) is 10.3. The van der Waals surface area contributed by atoms with Gasteiger partial charge in [0.05, 0.1) is 19.0 Å². The van der Waals surface area contributed by atoms with Gasteiger partial charge in [-0.25, -0.2) is 0 Å². The Morgan fingerprint density at radius 2 is 1.11 bits per heavy atom. The van der Waals surface area contributed by atoms with E-state index < -0.39 is 0 Å². The van der Waals surface area contributed by atoms with Crippen molar-refractivity contribution >= 4 is 5.97 Å². The van der Waals surface area contributed by atoms with Crippen LogP contribution in [0, 0.1) is 17.8 Å². The maximum Gasteiger partial charge on any atom is 0.305 e. The molecule has 0 radical (unpaired) electrons. The third-order valence-electron chi connectivity index (χ3n) is 10.3. The van der Waals surface area contributed by atoms with E-state index in [9.17, 15) is 4.79 Å². The molecule has 2 unspecified atom stereocenters. The Hall–Kier alpha value is -1.03. The molecule has 0 N–H and O–H groups in total. The van der Waals surface area contributed by atoms with Gasteiger partial charge < -0.3 is 14.4 Å². The largest absolute Gasteiger partial charge is 0.498 e. The van der Waals surface area contributed by atoms with Crippen molar-refractivity contribution in [2.75, 3.05) is 33.4 Å². The summed E-state index contributed by atoms with van der Waals surface area (Å²) in [5, 5.41) is 0. The average Bonchev–Trinajstić information content (AvgIpc) is 3.48. The average molecular weight is 634 g/mol. The quantitative estimate of drug-likeness (QED) is 0.0409. The summed E-state index contributed by atoms with van der Waals surface area (Å²) < 4.78 is 12.0. The van der Waals surface area contributed by atoms with Gasteiger partial charge in [0.15, 0.2) is 0 Å². The van der Waals surface area contributed by atoms with Crippen LogP contribution < -0.4 is 0 Å². The molecule has 1 aliphatic heterocycles. The summed E-state index contributed by atoms with van der Waals surface area (Å²) in [7, 11) is 2.20. The predicted molar refractivity (Wildman–Crippen MR) is 196 cm³/mol. The highest BCUT2D eigenvalue weighted by molar-refractivity contribution is 5.69. The Morgan fingerprint density at radius 1 is 0.644 bits per heavy atom. The maximum atomic E-state index is 12.3. The molecular formula is C41H79NO3. The van der Waals surface area contributed by atoms with Crippen molar-refractivity contribution in [1.29, 1.82) is 0 Å². The molecule has 2 atom stereocenters. The Labute approximate surface area is 282 Å². The summed E-state index contributed by atoms with van der Waals surface area (Å²) >= 11 is 0. The van der Waals surface area contributed by atoms with Crippen molar-refractivity contribution in [2.24, 2.45) is 17.8 Å². The van der Waals surface area contributed by atoms with E-state index in [1.165, 1.54) is 148 Å². The summed E-state index contributed by atoms with van der Waals surface area (Å²) in [6, 6.07) is 0. The number of esters is 1. The predicted octanol–water partition coefficient (Wildman–Crippen LogP) is 12.4. The Morgan fingerprint density at radius 3 is 1.64 bits per heavy atom. The van der Waals surface area contributed by atoms with Crippen LogP contribution in [0.2, 0.25) is 0 Å². The van der Waals surface area contributed by atoms with Crippen LogP contribution in [0.5, 0.6) is 0 Å². The fourth-order valence-corrected chi connectivity index (χ4v) is 7.04. The molecule has 266 valence electrons. The summed E-state index contributed by atoms with van der Waals surface area (Å²) in [6.07, 6.45) is 34.1. The van der Waals surface area contributed by atoms with Gasteiger partial charge in [-0.2, -0.15) is 0 Å². The normalized spacial score (nSPS) is 16.0. The summed E-state index contributed by atoms with van der Waals surface area (Å²) in [4.78, 5) is 14.7. The van der Waals surface area contributed by atoms with Crippen LogP contribution in [0.1, 0.15) is 194 Å². The first-order valence-corrected chi connectivity index (χ1v) is 20.2. The van der Waals surface area contributed by atoms with Crippen LogP contribution in [-0.2, 0) is 14.3 Å². The number of nitrogens with zero attached hydrogens (tertiary/aromatic N) is 1. The third kappa shape index (κ3) is 24.8. The fourth-order valence-electron chi connectivity index (χ4n) is 7.04. The Balaban J connectivity index is 2.19. The fraction of sp³-hybridized carbons (Fsp3) is 0.927. The van der Waals surface area contributed by atoms with Gasteiger partial charge >= 0.3 is 5.97 Å². The van der Waals surface area contributed by atoms with Gasteiger partial charge in [0, 0.05) is 18.9 Å². The molecule has 4 nitrogen and oxygen atoms in total. The van der Waals surface area contributed by atoms with Crippen molar-refractivity contribution in [2.45, 2.75) is 194 Å². The van der Waals surface area contributed by atoms with E-state index in [1.54, 1.807) is 0 Å². The molecule has 4 heteroatoms. The lowest BCUT2D eigenvalue weighted by atomic mass is 9.92. The minimum absolute atomic E-state index is 0.0190. The second kappa shape index (κ2) is 30.3. The van der Waals surface area contributed by atoms with Crippen LogP contribution >= 0.6 is 0 Å². The number of likely N-dealkylation sites (tertiary alicyclic amines) is 1. The molecule has 45 heavy (non-hydrogen) atoms. The van der Waals surface area contributed by atoms with Gasteiger partial charge in [-0.3, -0.25) is 4.79 Å². The Bertz CT molecular complexity index is 670. The number of carbonyl (C=O) groups excluding carboxylic acids is 1. The number of hydrogen-bond donors (Lipinski definition) is 0. The zero-order chi connectivity index (χ0) is 32.8. The van der Waals surface area contributed by atoms with Crippen molar-refractivity contribution in [1.82, 2.24) is 4.90 Å². The van der Waals surface area contributed by atoms with E-state index in [-0.39, 0.29) is 5.97 Å². The van der Waals surface area contributed by atoms with Crippen molar-refractivity contribution in [3.8, 4) is 0 Å². The highest BCUT2D eigenvalue weighted by atomic mass is 16.5. The van der Waals surface area contributed by atoms with Gasteiger partial charge in [0.1, 0.15) is 0 Å². The zero-order valence-corrected chi connectivity index (χ0v) is 31.0. The van der Waals surface area contributed by atoms with E-state index in [4.69, 9.17) is 9.47 Å². The molecule has 0 bridgehead atoms. The molecule has 1 saturated heterocycles. The molecule has 0 amide bonds. The smallest absolute Gasteiger partial charge is 0.305 e. The topological polar surface area (TPSA) is 38.8 Å². The van der Waals surface area contributed by atoms with Gasteiger partial charge in [0.2, 0.25) is 0 Å². The lowest BCUT2D eigenvalue weighted by Gasteiger charge is -2.21. The summed E-state index contributed by atoms with van der Waals surface area (Å²) in [6.45, 7) is 14.9. The van der Waals surface area contributed by atoms with E-state index in [0.717, 1.165) is 50.6 Å². The number of unbranched alkanes of at least 4 members (excludes halogenated alkanes) is 16. The SMILES string of the molecule is C=C(OCC(CCCCCCCCCC)CCCCCCCCC(=O)OCCC(CCCCC)CCCCC)C1CCN(C)C1. The van der Waals surface area contributed by atoms with E-state index in [1.807, 2.05) is 0 Å². The van der Waals surface area contributed by atoms with Gasteiger partial charge in [-0.05, 0) is 57.5 Å². The molecule has 1 rings (SSSR count). The van der Waals surface area contributed by atoms with Gasteiger partial charge in [-0.1, -0.05) is 162 Å². The monoisotopic (exact) mass is 634 g/mol. The molecule has 0 aromatic carbocycles. The van der Waals surface area contributed by atoms with Crippen LogP contribution in [0.4, 0.5) is 0 Å². The minimum Gasteiger partial charge on any atom is -0.498 e. The first-order chi connectivity index (χ1) is 22.0. The molecule has 0 saturated carbocycles. The first kappa shape index (κ1) is 42.0. The van der Waals surface area contributed by atoms with Crippen molar-refractivity contribution in [3.05, 3.63) is 12.3 Å². The van der Waals surface area contributed by atoms with E-state index in [2.05, 4.69) is 39.3 Å². The van der Waals surface area contributed by atoms with Crippen molar-refractivity contribution < 1.29 is 14.3 Å². The maximum absolute atomic E-state index is 12.3. The number of ether oxygens (including phenoxy) is 2. The molecular weight excluding hydrogens is 554 g/mol. The number of carbonyl (C=O) groups is 1. The molecule has 1 heterocycles. The zero-order valence-electron chi connectivity index (χ0n) is 31.0. The lowest BCUT2D eigenvalue weighted by Crippen LogP contribution is -2.17. The number of rotatable bonds is 33. The molecule has 1 fully saturated rings. The number of hydrogen-bond acceptors (Lipinski definition) is 4. The molecule has 0 aliphatic carbocycles. The molecule has 1 aliphatic rings. The highest BCUT2D eigenvalue weighted by Crippen LogP contribution is 2.26. The Kier molecular flexibility index (Phi) is 28.3. The summed E-state index contributed by atoms with van der Waals surface area (Å²) in [5.41, 5.74) is 0.